The van der Waals surface area contributed by atoms with Crippen molar-refractivity contribution in [1.29, 1.82) is 0 Å². The van der Waals surface area contributed by atoms with Crippen LogP contribution in [0.25, 0.3) is 0 Å². The molecule has 0 aromatic carbocycles. The molecule has 0 saturated carbocycles. The van der Waals surface area contributed by atoms with E-state index in [1.165, 1.54) is 0 Å². The Morgan fingerprint density at radius 3 is 3.00 bits per heavy atom. The maximum Gasteiger partial charge on any atom is 0.708 e. The number of hydrogen-bond donors (Lipinski definition) is 2. The zero-order valence-electron chi connectivity index (χ0n) is 9.17. The normalized spacial score (nSPS) is 20.8. The highest BCUT2D eigenvalue weighted by Gasteiger charge is 2.23. The number of hydrogen-bond acceptors (Lipinski definition) is 5. The highest BCUT2D eigenvalue weighted by atomic mass is 16.6. The first kappa shape index (κ1) is 11.4. The van der Waals surface area contributed by atoms with E-state index in [9.17, 15) is 0 Å². The fourth-order valence-corrected chi connectivity index (χ4v) is 1.81. The van der Waals surface area contributed by atoms with E-state index in [1.54, 1.807) is 10.7 Å². The molecule has 2 N–H and O–H groups in total. The molecule has 1 aromatic rings. The van der Waals surface area contributed by atoms with Crippen LogP contribution in [0.3, 0.4) is 0 Å². The molecule has 1 atom stereocenters. The lowest BCUT2D eigenvalue weighted by molar-refractivity contribution is -0.0426. The number of nitrogens with zero attached hydrogens (tertiary/aromatic N) is 2. The second kappa shape index (κ2) is 4.86. The molecule has 1 aliphatic rings. The van der Waals surface area contributed by atoms with Gasteiger partial charge in [0.05, 0.1) is 5.69 Å². The molecule has 16 heavy (non-hydrogen) atoms. The Bertz CT molecular complexity index is 349. The summed E-state index contributed by atoms with van der Waals surface area (Å²) < 4.78 is 12.0. The first-order valence-electron chi connectivity index (χ1n) is 5.37. The van der Waals surface area contributed by atoms with Crippen LogP contribution in [0.5, 0.6) is 5.88 Å². The summed E-state index contributed by atoms with van der Waals surface area (Å²) in [6, 6.07) is 1.65. The van der Waals surface area contributed by atoms with E-state index < -0.39 is 7.32 Å². The fraction of sp³-hybridized carbons (Fsp3) is 0.667. The Hall–Kier alpha value is -1.05. The lowest BCUT2D eigenvalue weighted by Crippen LogP contribution is -2.25. The second-order valence-corrected chi connectivity index (χ2v) is 3.83. The van der Waals surface area contributed by atoms with Gasteiger partial charge in [-0.05, 0) is 26.2 Å². The minimum absolute atomic E-state index is 0.170. The zero-order chi connectivity index (χ0) is 11.5. The van der Waals surface area contributed by atoms with Crippen molar-refractivity contribution in [2.24, 2.45) is 0 Å². The van der Waals surface area contributed by atoms with E-state index in [-0.39, 0.29) is 6.23 Å². The lowest BCUT2D eigenvalue weighted by atomic mass is 10.2. The maximum absolute atomic E-state index is 8.79. The lowest BCUT2D eigenvalue weighted by Gasteiger charge is -2.24. The van der Waals surface area contributed by atoms with Crippen molar-refractivity contribution in [3.8, 4) is 5.88 Å². The smallest absolute Gasteiger partial charge is 0.498 e. The van der Waals surface area contributed by atoms with Gasteiger partial charge in [-0.2, -0.15) is 5.10 Å². The van der Waals surface area contributed by atoms with Gasteiger partial charge in [-0.15, -0.1) is 0 Å². The summed E-state index contributed by atoms with van der Waals surface area (Å²) in [7, 11) is -1.83. The number of rotatable bonds is 3. The summed E-state index contributed by atoms with van der Waals surface area (Å²) in [6.45, 7) is 2.51. The van der Waals surface area contributed by atoms with Crippen molar-refractivity contribution in [1.82, 2.24) is 9.78 Å². The molecule has 2 heterocycles. The molecule has 88 valence electrons. The van der Waals surface area contributed by atoms with Crippen molar-refractivity contribution < 1.29 is 19.4 Å². The van der Waals surface area contributed by atoms with Gasteiger partial charge in [0.15, 0.2) is 12.1 Å². The molecule has 1 aromatic heterocycles. The van der Waals surface area contributed by atoms with Gasteiger partial charge in [0, 0.05) is 12.7 Å². The van der Waals surface area contributed by atoms with E-state index >= 15 is 0 Å². The molecular formula is C9H15BN2O4. The van der Waals surface area contributed by atoms with Crippen molar-refractivity contribution >= 4 is 7.32 Å². The Morgan fingerprint density at radius 2 is 2.38 bits per heavy atom. The summed E-state index contributed by atoms with van der Waals surface area (Å²) in [6.07, 6.45) is 2.82. The minimum Gasteiger partial charge on any atom is -0.498 e. The maximum atomic E-state index is 8.79. The SMILES string of the molecule is Cc1cc(OB(O)O)n(C2CCCCO2)n1. The van der Waals surface area contributed by atoms with Crippen LogP contribution in [0.2, 0.25) is 0 Å². The Labute approximate surface area is 94.0 Å². The summed E-state index contributed by atoms with van der Waals surface area (Å²) in [5, 5.41) is 21.8. The monoisotopic (exact) mass is 226 g/mol. The predicted octanol–water partition coefficient (Wildman–Crippen LogP) is 0.239. The molecule has 1 aliphatic heterocycles. The zero-order valence-corrected chi connectivity index (χ0v) is 9.17. The predicted molar refractivity (Wildman–Crippen MR) is 56.6 cm³/mol. The summed E-state index contributed by atoms with van der Waals surface area (Å²) >= 11 is 0. The molecule has 0 spiro atoms. The molecule has 1 unspecified atom stereocenters. The third-order valence-corrected chi connectivity index (χ3v) is 2.48. The van der Waals surface area contributed by atoms with Crippen LogP contribution < -0.4 is 4.65 Å². The first-order valence-corrected chi connectivity index (χ1v) is 5.37. The van der Waals surface area contributed by atoms with Gasteiger partial charge in [0.2, 0.25) is 0 Å². The number of aryl methyl sites for hydroxylation is 1. The van der Waals surface area contributed by atoms with Crippen molar-refractivity contribution in [3.63, 3.8) is 0 Å². The molecule has 1 saturated heterocycles. The molecule has 0 amide bonds. The highest BCUT2D eigenvalue weighted by molar-refractivity contribution is 6.33. The molecular weight excluding hydrogens is 211 g/mol. The Kier molecular flexibility index (Phi) is 3.47. The number of ether oxygens (including phenoxy) is 1. The van der Waals surface area contributed by atoms with E-state index in [2.05, 4.69) is 5.10 Å². The van der Waals surface area contributed by atoms with E-state index in [0.29, 0.717) is 12.5 Å². The molecule has 7 heteroatoms. The van der Waals surface area contributed by atoms with Crippen LogP contribution in [-0.4, -0.2) is 33.8 Å². The summed E-state index contributed by atoms with van der Waals surface area (Å²) in [5.74, 6) is 0.319. The van der Waals surface area contributed by atoms with Gasteiger partial charge in [-0.25, -0.2) is 4.68 Å². The number of aromatic nitrogens is 2. The fourth-order valence-electron chi connectivity index (χ4n) is 1.81. The van der Waals surface area contributed by atoms with Crippen molar-refractivity contribution in [2.45, 2.75) is 32.4 Å². The van der Waals surface area contributed by atoms with Crippen LogP contribution >= 0.6 is 0 Å². The molecule has 0 radical (unpaired) electrons. The van der Waals surface area contributed by atoms with Crippen LogP contribution in [-0.2, 0) is 4.74 Å². The van der Waals surface area contributed by atoms with Gasteiger partial charge in [-0.3, -0.25) is 0 Å². The summed E-state index contributed by atoms with van der Waals surface area (Å²) in [4.78, 5) is 0. The van der Waals surface area contributed by atoms with Crippen LogP contribution in [0, 0.1) is 6.92 Å². The molecule has 1 fully saturated rings. The van der Waals surface area contributed by atoms with Gasteiger partial charge in [0.25, 0.3) is 0 Å². The van der Waals surface area contributed by atoms with Gasteiger partial charge >= 0.3 is 7.32 Å². The quantitative estimate of drug-likeness (QED) is 0.722. The van der Waals surface area contributed by atoms with Gasteiger partial charge < -0.3 is 19.4 Å². The third kappa shape index (κ3) is 2.55. The van der Waals surface area contributed by atoms with E-state index in [0.717, 1.165) is 25.0 Å². The molecule has 2 rings (SSSR count). The van der Waals surface area contributed by atoms with Crippen LogP contribution in [0.4, 0.5) is 0 Å². The van der Waals surface area contributed by atoms with Crippen molar-refractivity contribution in [2.75, 3.05) is 6.61 Å². The average molecular weight is 226 g/mol. The van der Waals surface area contributed by atoms with E-state index in [4.69, 9.17) is 19.4 Å². The first-order chi connectivity index (χ1) is 7.66. The van der Waals surface area contributed by atoms with Crippen LogP contribution in [0.15, 0.2) is 6.07 Å². The summed E-state index contributed by atoms with van der Waals surface area (Å²) in [5.41, 5.74) is 0.754. The van der Waals surface area contributed by atoms with Crippen LogP contribution in [0.1, 0.15) is 31.2 Å². The topological polar surface area (TPSA) is 76.7 Å². The van der Waals surface area contributed by atoms with Crippen molar-refractivity contribution in [3.05, 3.63) is 11.8 Å². The van der Waals surface area contributed by atoms with Gasteiger partial charge in [0.1, 0.15) is 0 Å². The largest absolute Gasteiger partial charge is 0.708 e. The second-order valence-electron chi connectivity index (χ2n) is 3.83. The van der Waals surface area contributed by atoms with E-state index in [1.807, 2.05) is 6.92 Å². The standard InChI is InChI=1S/C9H15BN2O4/c1-7-6-9(16-10(13)14)12(11-7)8-4-2-3-5-15-8/h6,8,13-14H,2-5H2,1H3. The van der Waals surface area contributed by atoms with Gasteiger partial charge in [-0.1, -0.05) is 0 Å². The Balaban J connectivity index is 2.17. The minimum atomic E-state index is -1.83. The molecule has 0 aliphatic carbocycles. The third-order valence-electron chi connectivity index (χ3n) is 2.48. The Morgan fingerprint density at radius 1 is 1.56 bits per heavy atom. The highest BCUT2D eigenvalue weighted by Crippen LogP contribution is 2.27. The average Bonchev–Trinajstić information content (AvgIpc) is 2.60. The molecule has 0 bridgehead atoms. The molecule has 6 nitrogen and oxygen atoms in total.